The number of carbonyl (C=O) groups excluding carboxylic acids is 1. The van der Waals surface area contributed by atoms with E-state index >= 15 is 0 Å². The molecule has 1 amide bonds. The quantitative estimate of drug-likeness (QED) is 0.777. The lowest BCUT2D eigenvalue weighted by Crippen LogP contribution is -2.41. The SMILES string of the molecule is CCCn1nncc1NC(C)C(=O)NC(C)C. The Kier molecular flexibility index (Phi) is 4.93. The van der Waals surface area contributed by atoms with Crippen molar-refractivity contribution in [2.24, 2.45) is 0 Å². The molecule has 1 atom stereocenters. The Hall–Kier alpha value is -1.59. The monoisotopic (exact) mass is 239 g/mol. The van der Waals surface area contributed by atoms with Crippen molar-refractivity contribution in [1.82, 2.24) is 20.3 Å². The van der Waals surface area contributed by atoms with Crippen LogP contribution in [-0.2, 0) is 11.3 Å². The minimum atomic E-state index is -0.300. The molecule has 1 aromatic rings. The van der Waals surface area contributed by atoms with Gasteiger partial charge in [-0.15, -0.1) is 5.10 Å². The maximum absolute atomic E-state index is 11.7. The van der Waals surface area contributed by atoms with E-state index in [1.165, 1.54) is 0 Å². The molecule has 96 valence electrons. The summed E-state index contributed by atoms with van der Waals surface area (Å²) in [7, 11) is 0. The third-order valence-electron chi connectivity index (χ3n) is 2.24. The highest BCUT2D eigenvalue weighted by atomic mass is 16.2. The van der Waals surface area contributed by atoms with Gasteiger partial charge in [0, 0.05) is 12.6 Å². The van der Waals surface area contributed by atoms with E-state index in [1.807, 2.05) is 20.8 Å². The molecule has 6 heteroatoms. The number of anilines is 1. The zero-order valence-corrected chi connectivity index (χ0v) is 10.9. The van der Waals surface area contributed by atoms with Gasteiger partial charge in [0.1, 0.15) is 11.9 Å². The van der Waals surface area contributed by atoms with Crippen LogP contribution in [0.3, 0.4) is 0 Å². The summed E-state index contributed by atoms with van der Waals surface area (Å²) in [6.07, 6.45) is 2.61. The smallest absolute Gasteiger partial charge is 0.242 e. The summed E-state index contributed by atoms with van der Waals surface area (Å²) >= 11 is 0. The van der Waals surface area contributed by atoms with Gasteiger partial charge in [0.25, 0.3) is 0 Å². The summed E-state index contributed by atoms with van der Waals surface area (Å²) in [5.41, 5.74) is 0. The van der Waals surface area contributed by atoms with Crippen molar-refractivity contribution in [3.63, 3.8) is 0 Å². The highest BCUT2D eigenvalue weighted by Crippen LogP contribution is 2.06. The highest BCUT2D eigenvalue weighted by molar-refractivity contribution is 5.84. The van der Waals surface area contributed by atoms with Crippen LogP contribution in [0.5, 0.6) is 0 Å². The number of hydrogen-bond donors (Lipinski definition) is 2. The Bertz CT molecular complexity index is 360. The van der Waals surface area contributed by atoms with Gasteiger partial charge in [0.15, 0.2) is 0 Å². The van der Waals surface area contributed by atoms with Crippen LogP contribution in [0, 0.1) is 0 Å². The number of hydrogen-bond acceptors (Lipinski definition) is 4. The summed E-state index contributed by atoms with van der Waals surface area (Å²) in [5.74, 6) is 0.752. The van der Waals surface area contributed by atoms with E-state index in [9.17, 15) is 4.79 Å². The maximum atomic E-state index is 11.7. The molecule has 2 N–H and O–H groups in total. The van der Waals surface area contributed by atoms with Crippen molar-refractivity contribution < 1.29 is 4.79 Å². The standard InChI is InChI=1S/C11H21N5O/c1-5-6-16-10(7-12-15-16)14-9(4)11(17)13-8(2)3/h7-9,14H,5-6H2,1-4H3,(H,13,17). The van der Waals surface area contributed by atoms with Gasteiger partial charge in [0.2, 0.25) is 5.91 Å². The van der Waals surface area contributed by atoms with E-state index < -0.39 is 0 Å². The molecule has 0 aromatic carbocycles. The molecule has 0 aliphatic carbocycles. The van der Waals surface area contributed by atoms with Crippen molar-refractivity contribution in [3.05, 3.63) is 6.20 Å². The van der Waals surface area contributed by atoms with E-state index in [0.717, 1.165) is 18.8 Å². The van der Waals surface area contributed by atoms with E-state index in [1.54, 1.807) is 10.9 Å². The molecule has 0 aliphatic heterocycles. The first kappa shape index (κ1) is 13.5. The normalized spacial score (nSPS) is 12.5. The summed E-state index contributed by atoms with van der Waals surface area (Å²) in [6, 6.07) is -0.156. The number of aromatic nitrogens is 3. The van der Waals surface area contributed by atoms with Gasteiger partial charge in [-0.05, 0) is 27.2 Å². The Morgan fingerprint density at radius 3 is 2.76 bits per heavy atom. The molecular weight excluding hydrogens is 218 g/mol. The molecule has 1 rings (SSSR count). The second kappa shape index (κ2) is 6.22. The van der Waals surface area contributed by atoms with Crippen molar-refractivity contribution in [2.75, 3.05) is 5.32 Å². The molecule has 0 radical (unpaired) electrons. The largest absolute Gasteiger partial charge is 0.357 e. The van der Waals surface area contributed by atoms with Gasteiger partial charge in [-0.3, -0.25) is 4.79 Å². The number of nitrogens with zero attached hydrogens (tertiary/aromatic N) is 3. The third kappa shape index (κ3) is 4.05. The molecule has 1 aromatic heterocycles. The topological polar surface area (TPSA) is 71.8 Å². The molecule has 0 aliphatic rings. The second-order valence-electron chi connectivity index (χ2n) is 4.37. The van der Waals surface area contributed by atoms with Crippen molar-refractivity contribution in [2.45, 2.75) is 52.7 Å². The van der Waals surface area contributed by atoms with E-state index in [0.29, 0.717) is 0 Å². The lowest BCUT2D eigenvalue weighted by atomic mass is 10.3. The Labute approximate surface area is 102 Å². The van der Waals surface area contributed by atoms with Crippen LogP contribution >= 0.6 is 0 Å². The predicted octanol–water partition coefficient (Wildman–Crippen LogP) is 1.01. The molecule has 0 saturated heterocycles. The fourth-order valence-electron chi connectivity index (χ4n) is 1.44. The van der Waals surface area contributed by atoms with Crippen LogP contribution in [0.1, 0.15) is 34.1 Å². The number of aryl methyl sites for hydroxylation is 1. The second-order valence-corrected chi connectivity index (χ2v) is 4.37. The lowest BCUT2D eigenvalue weighted by molar-refractivity contribution is -0.122. The van der Waals surface area contributed by atoms with Crippen molar-refractivity contribution in [1.29, 1.82) is 0 Å². The van der Waals surface area contributed by atoms with E-state index in [-0.39, 0.29) is 18.0 Å². The number of nitrogens with one attached hydrogen (secondary N) is 2. The van der Waals surface area contributed by atoms with Gasteiger partial charge >= 0.3 is 0 Å². The average Bonchev–Trinajstić information content (AvgIpc) is 2.65. The summed E-state index contributed by atoms with van der Waals surface area (Å²) < 4.78 is 1.76. The fraction of sp³-hybridized carbons (Fsp3) is 0.727. The van der Waals surface area contributed by atoms with E-state index in [2.05, 4.69) is 27.9 Å². The minimum absolute atomic E-state index is 0.0238. The van der Waals surface area contributed by atoms with Crippen LogP contribution in [0.25, 0.3) is 0 Å². The molecule has 0 saturated carbocycles. The zero-order valence-electron chi connectivity index (χ0n) is 10.9. The predicted molar refractivity (Wildman–Crippen MR) is 66.7 cm³/mol. The molecule has 17 heavy (non-hydrogen) atoms. The maximum Gasteiger partial charge on any atom is 0.242 e. The van der Waals surface area contributed by atoms with Crippen LogP contribution in [0.15, 0.2) is 6.20 Å². The number of rotatable bonds is 6. The number of carbonyl (C=O) groups is 1. The van der Waals surface area contributed by atoms with Crippen LogP contribution in [0.4, 0.5) is 5.82 Å². The molecular formula is C11H21N5O. The molecule has 0 bridgehead atoms. The van der Waals surface area contributed by atoms with Crippen molar-refractivity contribution >= 4 is 11.7 Å². The number of amides is 1. The van der Waals surface area contributed by atoms with Gasteiger partial charge in [0.05, 0.1) is 6.20 Å². The average molecular weight is 239 g/mol. The zero-order chi connectivity index (χ0) is 12.8. The van der Waals surface area contributed by atoms with Crippen LogP contribution in [0.2, 0.25) is 0 Å². The van der Waals surface area contributed by atoms with Crippen LogP contribution < -0.4 is 10.6 Å². The third-order valence-corrected chi connectivity index (χ3v) is 2.24. The minimum Gasteiger partial charge on any atom is -0.357 e. The Morgan fingerprint density at radius 1 is 1.47 bits per heavy atom. The first-order chi connectivity index (χ1) is 8.04. The van der Waals surface area contributed by atoms with Gasteiger partial charge < -0.3 is 10.6 Å². The van der Waals surface area contributed by atoms with Gasteiger partial charge in [-0.1, -0.05) is 12.1 Å². The Balaban J connectivity index is 2.57. The molecule has 0 spiro atoms. The molecule has 0 fully saturated rings. The van der Waals surface area contributed by atoms with E-state index in [4.69, 9.17) is 0 Å². The molecule has 1 unspecified atom stereocenters. The van der Waals surface area contributed by atoms with Gasteiger partial charge in [-0.2, -0.15) is 0 Å². The summed E-state index contributed by atoms with van der Waals surface area (Å²) in [5, 5.41) is 13.7. The molecule has 1 heterocycles. The van der Waals surface area contributed by atoms with Gasteiger partial charge in [-0.25, -0.2) is 4.68 Å². The first-order valence-corrected chi connectivity index (χ1v) is 6.00. The summed E-state index contributed by atoms with van der Waals surface area (Å²) in [4.78, 5) is 11.7. The fourth-order valence-corrected chi connectivity index (χ4v) is 1.44. The first-order valence-electron chi connectivity index (χ1n) is 6.00. The lowest BCUT2D eigenvalue weighted by Gasteiger charge is -2.17. The summed E-state index contributed by atoms with van der Waals surface area (Å²) in [6.45, 7) is 8.56. The van der Waals surface area contributed by atoms with Crippen LogP contribution in [-0.4, -0.2) is 33.0 Å². The highest BCUT2D eigenvalue weighted by Gasteiger charge is 2.15. The van der Waals surface area contributed by atoms with Crippen molar-refractivity contribution in [3.8, 4) is 0 Å². The molecule has 6 nitrogen and oxygen atoms in total. The Morgan fingerprint density at radius 2 is 2.18 bits per heavy atom.